The van der Waals surface area contributed by atoms with E-state index in [4.69, 9.17) is 5.73 Å². The Labute approximate surface area is 214 Å². The number of nitrogens with one attached hydrogen (secondary N) is 1. The summed E-state index contributed by atoms with van der Waals surface area (Å²) >= 11 is 0. The van der Waals surface area contributed by atoms with Crippen LogP contribution in [0.4, 0.5) is 0 Å². The summed E-state index contributed by atoms with van der Waals surface area (Å²) in [7, 11) is 0. The molecule has 0 saturated heterocycles. The van der Waals surface area contributed by atoms with E-state index >= 15 is 0 Å². The fourth-order valence-corrected chi connectivity index (χ4v) is 4.59. The number of hydrogen-bond acceptors (Lipinski definition) is 5. The number of aromatic nitrogens is 3. The Morgan fingerprint density at radius 3 is 2.46 bits per heavy atom. The van der Waals surface area contributed by atoms with Gasteiger partial charge in [-0.3, -0.25) is 14.4 Å². The Balaban J connectivity index is 1.55. The van der Waals surface area contributed by atoms with E-state index in [-0.39, 0.29) is 12.0 Å². The van der Waals surface area contributed by atoms with Crippen LogP contribution in [-0.2, 0) is 28.9 Å². The molecule has 0 saturated carbocycles. The summed E-state index contributed by atoms with van der Waals surface area (Å²) in [6.07, 6.45) is 7.46. The van der Waals surface area contributed by atoms with Crippen LogP contribution in [-0.4, -0.2) is 38.4 Å². The summed E-state index contributed by atoms with van der Waals surface area (Å²) in [5.41, 5.74) is 10.5. The average Bonchev–Trinajstić information content (AvgIpc) is 3.41. The van der Waals surface area contributed by atoms with Gasteiger partial charge in [0.1, 0.15) is 6.04 Å². The maximum Gasteiger partial charge on any atom is 0.287 e. The van der Waals surface area contributed by atoms with Crippen molar-refractivity contribution in [2.24, 2.45) is 5.73 Å². The van der Waals surface area contributed by atoms with E-state index in [9.17, 15) is 14.4 Å². The van der Waals surface area contributed by atoms with E-state index in [0.29, 0.717) is 5.82 Å². The van der Waals surface area contributed by atoms with Crippen molar-refractivity contribution < 1.29 is 14.4 Å². The molecule has 2 aromatic carbocycles. The summed E-state index contributed by atoms with van der Waals surface area (Å²) in [5, 5.41) is 7.37. The third-order valence-electron chi connectivity index (χ3n) is 6.57. The fraction of sp³-hybridized carbons (Fsp3) is 0.207. The Morgan fingerprint density at radius 1 is 0.919 bits per heavy atom. The Morgan fingerprint density at radius 2 is 1.68 bits per heavy atom. The standard InChI is InChI=1S/C29H27N5O3/c30-27(36)26(35)25-18-21-12-10-19(11-13-21)5-1-2-6-20-7-3-8-22(17-20)24-14-16-34(33-24)28-23(29(37)32-25)9-4-15-31-28/h3-4,7-17,25H,1-2,5-6,18H2,(H2,30,36)(H,32,37)/t25-/m0/s1. The van der Waals surface area contributed by atoms with Gasteiger partial charge in [-0.25, -0.2) is 9.67 Å². The summed E-state index contributed by atoms with van der Waals surface area (Å²) in [5.74, 6) is -2.19. The molecule has 3 N–H and O–H groups in total. The largest absolute Gasteiger partial charge is 0.363 e. The van der Waals surface area contributed by atoms with Crippen LogP contribution in [0.15, 0.2) is 79.1 Å². The molecule has 0 radical (unpaired) electrons. The minimum atomic E-state index is -1.11. The molecule has 0 aliphatic carbocycles. The second-order valence-corrected chi connectivity index (χ2v) is 9.20. The Hall–Kier alpha value is -4.59. The molecule has 2 aliphatic heterocycles. The molecule has 4 aromatic rings. The van der Waals surface area contributed by atoms with Gasteiger partial charge in [0.15, 0.2) is 5.82 Å². The van der Waals surface area contributed by atoms with Gasteiger partial charge in [0.05, 0.1) is 11.3 Å². The van der Waals surface area contributed by atoms with Crippen LogP contribution in [0, 0.1) is 0 Å². The minimum Gasteiger partial charge on any atom is -0.363 e. The van der Waals surface area contributed by atoms with E-state index in [0.717, 1.165) is 42.5 Å². The lowest BCUT2D eigenvalue weighted by Crippen LogP contribution is -2.47. The zero-order chi connectivity index (χ0) is 25.8. The van der Waals surface area contributed by atoms with Crippen molar-refractivity contribution in [1.82, 2.24) is 20.1 Å². The smallest absolute Gasteiger partial charge is 0.287 e. The molecule has 186 valence electrons. The highest BCUT2D eigenvalue weighted by molar-refractivity contribution is 6.38. The van der Waals surface area contributed by atoms with Gasteiger partial charge in [0, 0.05) is 24.4 Å². The number of hydrogen-bond donors (Lipinski definition) is 2. The van der Waals surface area contributed by atoms with E-state index in [1.165, 1.54) is 11.1 Å². The number of Topliss-reactive ketones (excluding diaryl/α,β-unsaturated/α-hetero) is 1. The maximum absolute atomic E-state index is 13.3. The lowest BCUT2D eigenvalue weighted by atomic mass is 9.98. The molecule has 0 spiro atoms. The van der Waals surface area contributed by atoms with Crippen molar-refractivity contribution >= 4 is 17.6 Å². The molecule has 8 heteroatoms. The van der Waals surface area contributed by atoms with Crippen LogP contribution < -0.4 is 11.1 Å². The quantitative estimate of drug-likeness (QED) is 0.416. The van der Waals surface area contributed by atoms with Gasteiger partial charge in [0.2, 0.25) is 5.78 Å². The first-order chi connectivity index (χ1) is 18.0. The SMILES string of the molecule is NC(=O)C(=O)[C@@H]1Cc2ccc(cc2)CCCCc2cccc(c2)-c2ccn(n2)-c2ncccc2C(=O)N1. The zero-order valence-electron chi connectivity index (χ0n) is 20.3. The van der Waals surface area contributed by atoms with E-state index < -0.39 is 23.6 Å². The average molecular weight is 494 g/mol. The van der Waals surface area contributed by atoms with Crippen molar-refractivity contribution in [2.45, 2.75) is 38.1 Å². The fourth-order valence-electron chi connectivity index (χ4n) is 4.59. The van der Waals surface area contributed by atoms with Crippen LogP contribution in [0.25, 0.3) is 17.1 Å². The number of pyridine rings is 1. The summed E-state index contributed by atoms with van der Waals surface area (Å²) in [6, 6.07) is 20.2. The molecule has 0 fully saturated rings. The first-order valence-electron chi connectivity index (χ1n) is 12.3. The third kappa shape index (κ3) is 5.48. The van der Waals surface area contributed by atoms with Crippen molar-refractivity contribution in [1.29, 1.82) is 0 Å². The van der Waals surface area contributed by atoms with Gasteiger partial charge < -0.3 is 11.1 Å². The lowest BCUT2D eigenvalue weighted by molar-refractivity contribution is -0.137. The normalized spacial score (nSPS) is 15.9. The van der Waals surface area contributed by atoms with Crippen molar-refractivity contribution in [3.63, 3.8) is 0 Å². The molecular weight excluding hydrogens is 466 g/mol. The second kappa shape index (κ2) is 10.6. The molecule has 6 bridgehead atoms. The molecule has 2 aromatic heterocycles. The Kier molecular flexibility index (Phi) is 6.89. The van der Waals surface area contributed by atoms with Crippen LogP contribution in [0.1, 0.15) is 39.9 Å². The summed E-state index contributed by atoms with van der Waals surface area (Å²) in [6.45, 7) is 0. The number of carbonyl (C=O) groups excluding carboxylic acids is 3. The van der Waals surface area contributed by atoms with Gasteiger partial charge in [-0.2, -0.15) is 5.10 Å². The highest BCUT2D eigenvalue weighted by atomic mass is 16.2. The summed E-state index contributed by atoms with van der Waals surface area (Å²) in [4.78, 5) is 42.1. The number of rotatable bonds is 2. The molecule has 4 heterocycles. The molecule has 37 heavy (non-hydrogen) atoms. The highest BCUT2D eigenvalue weighted by Crippen LogP contribution is 2.22. The number of fused-ring (bicyclic) bond motifs is 8. The molecule has 2 amide bonds. The van der Waals surface area contributed by atoms with Crippen LogP contribution in [0.5, 0.6) is 0 Å². The number of amides is 2. The van der Waals surface area contributed by atoms with Gasteiger partial charge in [-0.15, -0.1) is 0 Å². The predicted molar refractivity (Wildman–Crippen MR) is 139 cm³/mol. The topological polar surface area (TPSA) is 120 Å². The maximum atomic E-state index is 13.3. The van der Waals surface area contributed by atoms with Crippen molar-refractivity contribution in [3.8, 4) is 17.1 Å². The molecule has 6 rings (SSSR count). The number of benzene rings is 2. The van der Waals surface area contributed by atoms with E-state index in [1.54, 1.807) is 29.2 Å². The van der Waals surface area contributed by atoms with Gasteiger partial charge in [0.25, 0.3) is 11.8 Å². The first-order valence-corrected chi connectivity index (χ1v) is 12.3. The molecule has 2 aliphatic rings. The van der Waals surface area contributed by atoms with Crippen molar-refractivity contribution in [2.75, 3.05) is 0 Å². The number of nitrogens with zero attached hydrogens (tertiary/aromatic N) is 3. The molecular formula is C29H27N5O3. The number of primary amides is 1. The van der Waals surface area contributed by atoms with E-state index in [1.807, 2.05) is 42.5 Å². The third-order valence-corrected chi connectivity index (χ3v) is 6.57. The van der Waals surface area contributed by atoms with Crippen LogP contribution in [0.3, 0.4) is 0 Å². The Bertz CT molecular complexity index is 1460. The number of ketones is 1. The molecule has 0 unspecified atom stereocenters. The first kappa shape index (κ1) is 24.1. The molecule has 1 atom stereocenters. The van der Waals surface area contributed by atoms with Gasteiger partial charge in [-0.05, 0) is 66.6 Å². The van der Waals surface area contributed by atoms with E-state index in [2.05, 4.69) is 27.5 Å². The van der Waals surface area contributed by atoms with Crippen LogP contribution in [0.2, 0.25) is 0 Å². The monoisotopic (exact) mass is 493 g/mol. The number of nitrogens with two attached hydrogens (primary N) is 1. The lowest BCUT2D eigenvalue weighted by Gasteiger charge is -2.18. The highest BCUT2D eigenvalue weighted by Gasteiger charge is 2.27. The van der Waals surface area contributed by atoms with Gasteiger partial charge in [-0.1, -0.05) is 42.5 Å². The van der Waals surface area contributed by atoms with Crippen LogP contribution >= 0.6 is 0 Å². The number of carbonyl (C=O) groups is 3. The van der Waals surface area contributed by atoms with Gasteiger partial charge >= 0.3 is 0 Å². The second-order valence-electron chi connectivity index (χ2n) is 9.20. The minimum absolute atomic E-state index is 0.143. The van der Waals surface area contributed by atoms with Crippen molar-refractivity contribution in [3.05, 3.63) is 101 Å². The number of aryl methyl sites for hydroxylation is 2. The predicted octanol–water partition coefficient (Wildman–Crippen LogP) is 3.21. The summed E-state index contributed by atoms with van der Waals surface area (Å²) < 4.78 is 1.54. The zero-order valence-corrected chi connectivity index (χ0v) is 20.3. The molecule has 8 nitrogen and oxygen atoms in total.